The molecular formula is C17H21N5O2. The number of benzene rings is 1. The smallest absolute Gasteiger partial charge is 0.286 e. The summed E-state index contributed by atoms with van der Waals surface area (Å²) >= 11 is 0. The molecule has 1 aliphatic heterocycles. The van der Waals surface area contributed by atoms with Gasteiger partial charge in [-0.25, -0.2) is 0 Å². The van der Waals surface area contributed by atoms with E-state index in [1.807, 2.05) is 49.9 Å². The van der Waals surface area contributed by atoms with Gasteiger partial charge in [0.2, 0.25) is 11.6 Å². The Hall–Kier alpha value is -2.70. The summed E-state index contributed by atoms with van der Waals surface area (Å²) in [5.74, 6) is 0.00915. The van der Waals surface area contributed by atoms with Crippen molar-refractivity contribution < 1.29 is 4.79 Å². The van der Waals surface area contributed by atoms with Gasteiger partial charge < -0.3 is 10.2 Å². The number of fused-ring (bicyclic) bond motifs is 1. The van der Waals surface area contributed by atoms with Gasteiger partial charge in [-0.3, -0.25) is 14.2 Å². The second kappa shape index (κ2) is 6.43. The molecule has 7 nitrogen and oxygen atoms in total. The number of amides is 1. The highest BCUT2D eigenvalue weighted by molar-refractivity contribution is 5.92. The highest BCUT2D eigenvalue weighted by Gasteiger charge is 2.27. The highest BCUT2D eigenvalue weighted by Crippen LogP contribution is 2.26. The molecule has 0 unspecified atom stereocenters. The van der Waals surface area contributed by atoms with Gasteiger partial charge in [0, 0.05) is 24.8 Å². The van der Waals surface area contributed by atoms with Gasteiger partial charge in [0.05, 0.1) is 0 Å². The lowest BCUT2D eigenvalue weighted by Gasteiger charge is -2.17. The van der Waals surface area contributed by atoms with Crippen LogP contribution < -0.4 is 15.8 Å². The van der Waals surface area contributed by atoms with Gasteiger partial charge in [0.1, 0.15) is 0 Å². The number of carbonyl (C=O) groups is 1. The fraction of sp³-hybridized carbons (Fsp3) is 0.412. The normalized spacial score (nSPS) is 14.4. The summed E-state index contributed by atoms with van der Waals surface area (Å²) in [5.41, 5.74) is 1.58. The monoisotopic (exact) mass is 327 g/mol. The summed E-state index contributed by atoms with van der Waals surface area (Å²) in [6, 6.07) is 7.98. The van der Waals surface area contributed by atoms with Gasteiger partial charge in [-0.05, 0) is 32.4 Å². The summed E-state index contributed by atoms with van der Waals surface area (Å²) in [5, 5.41) is 10.8. The molecule has 1 atom stereocenters. The molecule has 2 heterocycles. The maximum Gasteiger partial charge on any atom is 0.286 e. The van der Waals surface area contributed by atoms with Crippen molar-refractivity contribution in [2.24, 2.45) is 0 Å². The number of carbonyl (C=O) groups excluding carboxylic acids is 1. The largest absolute Gasteiger partial charge is 0.348 e. The van der Waals surface area contributed by atoms with Crippen LogP contribution in [-0.4, -0.2) is 33.3 Å². The van der Waals surface area contributed by atoms with Crippen LogP contribution in [0.3, 0.4) is 0 Å². The average Bonchev–Trinajstić information content (AvgIpc) is 3.00. The Morgan fingerprint density at radius 1 is 1.25 bits per heavy atom. The molecule has 2 aromatic rings. The second-order valence-corrected chi connectivity index (χ2v) is 6.08. The molecule has 7 heteroatoms. The zero-order valence-corrected chi connectivity index (χ0v) is 14.1. The van der Waals surface area contributed by atoms with E-state index >= 15 is 0 Å². The minimum atomic E-state index is -0.467. The zero-order chi connectivity index (χ0) is 17.3. The summed E-state index contributed by atoms with van der Waals surface area (Å²) < 4.78 is 1.51. The first kappa shape index (κ1) is 16.2. The molecular weight excluding hydrogens is 306 g/mol. The fourth-order valence-corrected chi connectivity index (χ4v) is 2.62. The van der Waals surface area contributed by atoms with Crippen molar-refractivity contribution in [3.8, 4) is 0 Å². The van der Waals surface area contributed by atoms with E-state index in [1.165, 1.54) is 10.1 Å². The molecule has 1 aliphatic rings. The predicted molar refractivity (Wildman–Crippen MR) is 91.7 cm³/mol. The molecule has 0 aliphatic carbocycles. The molecule has 0 saturated heterocycles. The lowest BCUT2D eigenvalue weighted by molar-refractivity contribution is 0.0930. The molecule has 1 amide bonds. The number of anilines is 2. The van der Waals surface area contributed by atoms with E-state index in [1.54, 1.807) is 0 Å². The SMILES string of the molecule is CC[C@H](C)NC(=O)c1nnc2n(c1=O)CCN2c1ccc(C)cc1. The molecule has 1 N–H and O–H groups in total. The first-order chi connectivity index (χ1) is 11.5. The van der Waals surface area contributed by atoms with Gasteiger partial charge in [-0.1, -0.05) is 24.6 Å². The molecule has 0 saturated carbocycles. The summed E-state index contributed by atoms with van der Waals surface area (Å²) in [4.78, 5) is 26.7. The second-order valence-electron chi connectivity index (χ2n) is 6.08. The van der Waals surface area contributed by atoms with Crippen LogP contribution in [0.1, 0.15) is 36.3 Å². The maximum absolute atomic E-state index is 12.6. The molecule has 126 valence electrons. The minimum Gasteiger partial charge on any atom is -0.348 e. The quantitative estimate of drug-likeness (QED) is 0.923. The van der Waals surface area contributed by atoms with E-state index in [2.05, 4.69) is 15.5 Å². The van der Waals surface area contributed by atoms with Crippen LogP contribution >= 0.6 is 0 Å². The lowest BCUT2D eigenvalue weighted by Crippen LogP contribution is -2.38. The van der Waals surface area contributed by atoms with Crippen molar-refractivity contribution in [1.29, 1.82) is 0 Å². The third kappa shape index (κ3) is 2.89. The standard InChI is InChI=1S/C17H21N5O2/c1-4-12(3)18-15(23)14-16(24)22-10-9-21(17(22)20-19-14)13-7-5-11(2)6-8-13/h5-8,12H,4,9-10H2,1-3H3,(H,18,23)/t12-/m0/s1. The molecule has 0 bridgehead atoms. The van der Waals surface area contributed by atoms with E-state index in [-0.39, 0.29) is 11.7 Å². The number of rotatable bonds is 4. The zero-order valence-electron chi connectivity index (χ0n) is 14.1. The van der Waals surface area contributed by atoms with Crippen molar-refractivity contribution in [3.63, 3.8) is 0 Å². The molecule has 3 rings (SSSR count). The Morgan fingerprint density at radius 3 is 2.62 bits per heavy atom. The van der Waals surface area contributed by atoms with Gasteiger partial charge in [0.25, 0.3) is 11.5 Å². The van der Waals surface area contributed by atoms with Crippen LogP contribution in [0, 0.1) is 6.92 Å². The number of hydrogen-bond donors (Lipinski definition) is 1. The Kier molecular flexibility index (Phi) is 4.33. The predicted octanol–water partition coefficient (Wildman–Crippen LogP) is 1.63. The van der Waals surface area contributed by atoms with Crippen LogP contribution in [0.4, 0.5) is 11.6 Å². The highest BCUT2D eigenvalue weighted by atomic mass is 16.2. The van der Waals surface area contributed by atoms with Crippen molar-refractivity contribution in [3.05, 3.63) is 45.9 Å². The van der Waals surface area contributed by atoms with Crippen LogP contribution in [0.15, 0.2) is 29.1 Å². The molecule has 1 aromatic carbocycles. The topological polar surface area (TPSA) is 80.1 Å². The van der Waals surface area contributed by atoms with Gasteiger partial charge >= 0.3 is 0 Å². The van der Waals surface area contributed by atoms with Crippen molar-refractivity contribution in [1.82, 2.24) is 20.1 Å². The first-order valence-corrected chi connectivity index (χ1v) is 8.14. The van der Waals surface area contributed by atoms with E-state index in [4.69, 9.17) is 0 Å². The van der Waals surface area contributed by atoms with Gasteiger partial charge in [0.15, 0.2) is 0 Å². The Morgan fingerprint density at radius 2 is 1.96 bits per heavy atom. The number of nitrogens with one attached hydrogen (secondary N) is 1. The van der Waals surface area contributed by atoms with E-state index in [9.17, 15) is 9.59 Å². The minimum absolute atomic E-state index is 0.0130. The Labute approximate surface area is 140 Å². The average molecular weight is 327 g/mol. The summed E-state index contributed by atoms with van der Waals surface area (Å²) in [7, 11) is 0. The van der Waals surface area contributed by atoms with Crippen LogP contribution in [0.25, 0.3) is 0 Å². The van der Waals surface area contributed by atoms with E-state index in [0.29, 0.717) is 19.0 Å². The molecule has 1 aromatic heterocycles. The first-order valence-electron chi connectivity index (χ1n) is 8.14. The fourth-order valence-electron chi connectivity index (χ4n) is 2.62. The molecule has 0 radical (unpaired) electrons. The van der Waals surface area contributed by atoms with Gasteiger partial charge in [-0.15, -0.1) is 10.2 Å². The van der Waals surface area contributed by atoms with Crippen LogP contribution in [0.2, 0.25) is 0 Å². The van der Waals surface area contributed by atoms with Crippen molar-refractivity contribution in [2.75, 3.05) is 11.4 Å². The Balaban J connectivity index is 1.92. The Bertz CT molecular complexity index is 813. The van der Waals surface area contributed by atoms with Crippen LogP contribution in [-0.2, 0) is 6.54 Å². The van der Waals surface area contributed by atoms with Crippen molar-refractivity contribution in [2.45, 2.75) is 39.8 Å². The van der Waals surface area contributed by atoms with E-state index in [0.717, 1.165) is 12.1 Å². The summed E-state index contributed by atoms with van der Waals surface area (Å²) in [6.45, 7) is 6.99. The summed E-state index contributed by atoms with van der Waals surface area (Å²) in [6.07, 6.45) is 0.784. The lowest BCUT2D eigenvalue weighted by atomic mass is 10.2. The third-order valence-electron chi connectivity index (χ3n) is 4.27. The molecule has 0 fully saturated rings. The molecule has 24 heavy (non-hydrogen) atoms. The van der Waals surface area contributed by atoms with Crippen molar-refractivity contribution >= 4 is 17.5 Å². The third-order valence-corrected chi connectivity index (χ3v) is 4.27. The maximum atomic E-state index is 12.6. The number of aromatic nitrogens is 3. The van der Waals surface area contributed by atoms with Crippen LogP contribution in [0.5, 0.6) is 0 Å². The van der Waals surface area contributed by atoms with Gasteiger partial charge in [-0.2, -0.15) is 0 Å². The number of hydrogen-bond acceptors (Lipinski definition) is 5. The number of nitrogens with zero attached hydrogens (tertiary/aromatic N) is 4. The molecule has 0 spiro atoms. The number of aryl methyl sites for hydroxylation is 1. The van der Waals surface area contributed by atoms with E-state index < -0.39 is 11.5 Å².